The lowest BCUT2D eigenvalue weighted by Crippen LogP contribution is -2.39. The number of rotatable bonds is 5. The van der Waals surface area contributed by atoms with Crippen molar-refractivity contribution in [3.8, 4) is 0 Å². The second kappa shape index (κ2) is 6.78. The summed E-state index contributed by atoms with van der Waals surface area (Å²) in [5, 5.41) is 0.609. The molecular formula is C18H22ClN3. The summed E-state index contributed by atoms with van der Waals surface area (Å²) in [4.78, 5) is 6.80. The predicted octanol–water partition coefficient (Wildman–Crippen LogP) is 2.97. The van der Waals surface area contributed by atoms with E-state index in [1.54, 1.807) is 0 Å². The number of hydrogen-bond donors (Lipinski definition) is 1. The van der Waals surface area contributed by atoms with Crippen LogP contribution in [0.5, 0.6) is 0 Å². The third-order valence-electron chi connectivity index (χ3n) is 4.40. The van der Waals surface area contributed by atoms with E-state index in [2.05, 4.69) is 40.2 Å². The molecule has 0 atom stereocenters. The molecule has 0 unspecified atom stereocenters. The van der Waals surface area contributed by atoms with Crippen molar-refractivity contribution in [3.05, 3.63) is 63.9 Å². The van der Waals surface area contributed by atoms with E-state index in [-0.39, 0.29) is 0 Å². The smallest absolute Gasteiger partial charge is 0.133 e. The van der Waals surface area contributed by atoms with Crippen molar-refractivity contribution in [2.24, 2.45) is 5.73 Å². The number of pyridine rings is 1. The maximum absolute atomic E-state index is 6.30. The largest absolute Gasteiger partial charge is 0.329 e. The van der Waals surface area contributed by atoms with Gasteiger partial charge >= 0.3 is 0 Å². The van der Waals surface area contributed by atoms with Crippen LogP contribution in [0, 0.1) is 6.92 Å². The molecule has 2 aromatic rings. The van der Waals surface area contributed by atoms with E-state index >= 15 is 0 Å². The zero-order valence-corrected chi connectivity index (χ0v) is 13.7. The van der Waals surface area contributed by atoms with E-state index in [1.807, 2.05) is 13.0 Å². The third kappa shape index (κ3) is 3.32. The molecular weight excluding hydrogens is 294 g/mol. The zero-order chi connectivity index (χ0) is 15.5. The molecule has 2 N–H and O–H groups in total. The van der Waals surface area contributed by atoms with Crippen molar-refractivity contribution in [1.29, 1.82) is 0 Å². The first kappa shape index (κ1) is 15.5. The second-order valence-electron chi connectivity index (χ2n) is 5.99. The van der Waals surface area contributed by atoms with Crippen LogP contribution >= 0.6 is 11.6 Å². The summed E-state index contributed by atoms with van der Waals surface area (Å²) in [6.07, 6.45) is 2.18. The average Bonchev–Trinajstić information content (AvgIpc) is 2.93. The highest BCUT2D eigenvalue weighted by molar-refractivity contribution is 6.30. The summed E-state index contributed by atoms with van der Waals surface area (Å²) in [5.41, 5.74) is 10.8. The number of nitrogens with two attached hydrogens (primary N) is 1. The summed E-state index contributed by atoms with van der Waals surface area (Å²) < 4.78 is 0. The Balaban J connectivity index is 1.76. The van der Waals surface area contributed by atoms with E-state index in [1.165, 1.54) is 11.1 Å². The van der Waals surface area contributed by atoms with Gasteiger partial charge in [-0.15, -0.1) is 0 Å². The van der Waals surface area contributed by atoms with Crippen LogP contribution in [0.4, 0.5) is 0 Å². The van der Waals surface area contributed by atoms with Crippen LogP contribution < -0.4 is 5.73 Å². The van der Waals surface area contributed by atoms with Gasteiger partial charge in [0, 0.05) is 36.9 Å². The zero-order valence-electron chi connectivity index (χ0n) is 12.9. The predicted molar refractivity (Wildman–Crippen MR) is 91.1 cm³/mol. The molecule has 1 aromatic heterocycles. The van der Waals surface area contributed by atoms with E-state index in [4.69, 9.17) is 17.3 Å². The number of nitrogens with zero attached hydrogens (tertiary/aromatic N) is 2. The fraction of sp³-hybridized carbons (Fsp3) is 0.389. The molecule has 1 aliphatic carbocycles. The lowest BCUT2D eigenvalue weighted by molar-refractivity contribution is 0.198. The topological polar surface area (TPSA) is 42.1 Å². The molecule has 0 spiro atoms. The third-order valence-corrected chi connectivity index (χ3v) is 4.73. The molecule has 0 saturated heterocycles. The molecule has 0 fully saturated rings. The van der Waals surface area contributed by atoms with Gasteiger partial charge in [-0.1, -0.05) is 41.9 Å². The summed E-state index contributed by atoms with van der Waals surface area (Å²) >= 11 is 6.30. The van der Waals surface area contributed by atoms with Crippen LogP contribution in [0.15, 0.2) is 36.4 Å². The van der Waals surface area contributed by atoms with E-state index in [9.17, 15) is 0 Å². The Morgan fingerprint density at radius 3 is 2.45 bits per heavy atom. The van der Waals surface area contributed by atoms with Gasteiger partial charge in [0.15, 0.2) is 0 Å². The normalized spacial score (nSPS) is 14.5. The van der Waals surface area contributed by atoms with Crippen molar-refractivity contribution in [3.63, 3.8) is 0 Å². The van der Waals surface area contributed by atoms with Crippen molar-refractivity contribution in [1.82, 2.24) is 9.88 Å². The molecule has 0 aliphatic heterocycles. The summed E-state index contributed by atoms with van der Waals surface area (Å²) in [6, 6.07) is 13.3. The molecule has 0 bridgehead atoms. The number of benzene rings is 1. The molecule has 3 rings (SSSR count). The first-order valence-electron chi connectivity index (χ1n) is 7.80. The molecule has 1 aromatic carbocycles. The Morgan fingerprint density at radius 2 is 1.86 bits per heavy atom. The molecule has 0 radical (unpaired) electrons. The molecule has 0 saturated carbocycles. The fourth-order valence-electron chi connectivity index (χ4n) is 3.24. The summed E-state index contributed by atoms with van der Waals surface area (Å²) in [5.74, 6) is 0. The SMILES string of the molecule is Cc1ccc(CN(CCN)C2Cc3ccccc3C2)c(Cl)n1. The van der Waals surface area contributed by atoms with Gasteiger partial charge in [-0.25, -0.2) is 4.98 Å². The van der Waals surface area contributed by atoms with Gasteiger partial charge in [0.2, 0.25) is 0 Å². The fourth-order valence-corrected chi connectivity index (χ4v) is 3.50. The van der Waals surface area contributed by atoms with Gasteiger partial charge in [-0.2, -0.15) is 0 Å². The Bertz CT molecular complexity index is 632. The minimum absolute atomic E-state index is 0.498. The highest BCUT2D eigenvalue weighted by Crippen LogP contribution is 2.27. The monoisotopic (exact) mass is 315 g/mol. The maximum Gasteiger partial charge on any atom is 0.133 e. The van der Waals surface area contributed by atoms with Gasteiger partial charge in [0.1, 0.15) is 5.15 Å². The number of fused-ring (bicyclic) bond motifs is 1. The number of aryl methyl sites for hydroxylation is 1. The lowest BCUT2D eigenvalue weighted by atomic mass is 10.1. The van der Waals surface area contributed by atoms with Gasteiger partial charge in [0.05, 0.1) is 0 Å². The Labute approximate surface area is 137 Å². The van der Waals surface area contributed by atoms with Crippen LogP contribution in [0.2, 0.25) is 5.15 Å². The highest BCUT2D eigenvalue weighted by atomic mass is 35.5. The van der Waals surface area contributed by atoms with Gasteiger partial charge < -0.3 is 5.73 Å². The summed E-state index contributed by atoms with van der Waals surface area (Å²) in [7, 11) is 0. The Hall–Kier alpha value is -1.42. The van der Waals surface area contributed by atoms with Crippen LogP contribution in [-0.2, 0) is 19.4 Å². The molecule has 116 valence electrons. The van der Waals surface area contributed by atoms with Crippen molar-refractivity contribution in [2.75, 3.05) is 13.1 Å². The maximum atomic E-state index is 6.30. The van der Waals surface area contributed by atoms with Crippen molar-refractivity contribution in [2.45, 2.75) is 32.4 Å². The highest BCUT2D eigenvalue weighted by Gasteiger charge is 2.26. The van der Waals surface area contributed by atoms with Gasteiger partial charge in [0.25, 0.3) is 0 Å². The molecule has 0 amide bonds. The van der Waals surface area contributed by atoms with Crippen LogP contribution in [-0.4, -0.2) is 29.0 Å². The van der Waals surface area contributed by atoms with E-state index < -0.39 is 0 Å². The quantitative estimate of drug-likeness (QED) is 0.863. The molecule has 1 heterocycles. The summed E-state index contributed by atoms with van der Waals surface area (Å²) in [6.45, 7) is 4.30. The first-order valence-corrected chi connectivity index (χ1v) is 8.18. The number of halogens is 1. The lowest BCUT2D eigenvalue weighted by Gasteiger charge is -2.28. The molecule has 22 heavy (non-hydrogen) atoms. The second-order valence-corrected chi connectivity index (χ2v) is 6.35. The van der Waals surface area contributed by atoms with Crippen LogP contribution in [0.3, 0.4) is 0 Å². The average molecular weight is 316 g/mol. The van der Waals surface area contributed by atoms with Crippen LogP contribution in [0.1, 0.15) is 22.4 Å². The van der Waals surface area contributed by atoms with Gasteiger partial charge in [-0.05, 0) is 37.0 Å². The van der Waals surface area contributed by atoms with E-state index in [0.717, 1.165) is 37.2 Å². The Kier molecular flexibility index (Phi) is 4.77. The minimum atomic E-state index is 0.498. The number of hydrogen-bond acceptors (Lipinski definition) is 3. The standard InChI is InChI=1S/C18H22ClN3/c1-13-6-7-16(18(19)21-13)12-22(9-8-20)17-10-14-4-2-3-5-15(14)11-17/h2-7,17H,8-12,20H2,1H3. The molecule has 4 heteroatoms. The van der Waals surface area contributed by atoms with Crippen molar-refractivity contribution < 1.29 is 0 Å². The first-order chi connectivity index (χ1) is 10.7. The van der Waals surface area contributed by atoms with Crippen LogP contribution in [0.25, 0.3) is 0 Å². The van der Waals surface area contributed by atoms with E-state index in [0.29, 0.717) is 17.7 Å². The number of aromatic nitrogens is 1. The molecule has 3 nitrogen and oxygen atoms in total. The van der Waals surface area contributed by atoms with Gasteiger partial charge in [-0.3, -0.25) is 4.90 Å². The molecule has 1 aliphatic rings. The van der Waals surface area contributed by atoms with Crippen molar-refractivity contribution >= 4 is 11.6 Å². The minimum Gasteiger partial charge on any atom is -0.329 e. The Morgan fingerprint density at radius 1 is 1.18 bits per heavy atom.